The molecule has 0 fully saturated rings. The van der Waals surface area contributed by atoms with Gasteiger partial charge in [0.2, 0.25) is 0 Å². The van der Waals surface area contributed by atoms with Gasteiger partial charge in [0.25, 0.3) is 5.91 Å². The number of benzene rings is 2. The lowest BCUT2D eigenvalue weighted by Gasteiger charge is -2.11. The molecule has 0 saturated carbocycles. The van der Waals surface area contributed by atoms with Crippen LogP contribution in [-0.4, -0.2) is 26.7 Å². The molecule has 0 aliphatic heterocycles. The van der Waals surface area contributed by atoms with Crippen molar-refractivity contribution in [3.8, 4) is 23.3 Å². The normalized spacial score (nSPS) is 10.7. The summed E-state index contributed by atoms with van der Waals surface area (Å²) >= 11 is 2.11. The molecule has 1 amide bonds. The zero-order valence-electron chi connectivity index (χ0n) is 15.2. The maximum Gasteiger partial charge on any atom is 0.266 e. The summed E-state index contributed by atoms with van der Waals surface area (Å²) in [4.78, 5) is 12.4. The fraction of sp³-hybridized carbons (Fsp3) is 0.200. The molecule has 0 aromatic heterocycles. The molecule has 0 aliphatic carbocycles. The average molecular weight is 478 g/mol. The smallest absolute Gasteiger partial charge is 0.266 e. The highest BCUT2D eigenvalue weighted by Crippen LogP contribution is 2.34. The third-order valence-electron chi connectivity index (χ3n) is 3.56. The zero-order chi connectivity index (χ0) is 19.8. The van der Waals surface area contributed by atoms with Crippen LogP contribution >= 0.6 is 22.6 Å². The Labute approximate surface area is 171 Å². The molecule has 140 valence electrons. The van der Waals surface area contributed by atoms with Crippen LogP contribution in [0.2, 0.25) is 0 Å². The van der Waals surface area contributed by atoms with E-state index in [2.05, 4.69) is 27.9 Å². The summed E-state index contributed by atoms with van der Waals surface area (Å²) in [6.45, 7) is 2.46. The molecule has 0 bridgehead atoms. The average Bonchev–Trinajstić information content (AvgIpc) is 2.67. The number of carbonyl (C=O) groups excluding carboxylic acids is 1. The van der Waals surface area contributed by atoms with Gasteiger partial charge < -0.3 is 19.5 Å². The van der Waals surface area contributed by atoms with Crippen LogP contribution in [0, 0.1) is 14.9 Å². The van der Waals surface area contributed by atoms with Crippen LogP contribution < -0.4 is 19.5 Å². The molecule has 0 saturated heterocycles. The van der Waals surface area contributed by atoms with Crippen LogP contribution in [0.15, 0.2) is 42.0 Å². The first kappa shape index (κ1) is 20.6. The van der Waals surface area contributed by atoms with E-state index in [1.807, 2.05) is 19.1 Å². The van der Waals surface area contributed by atoms with Crippen LogP contribution in [-0.2, 0) is 4.79 Å². The summed E-state index contributed by atoms with van der Waals surface area (Å²) in [6.07, 6.45) is 1.51. The predicted octanol–water partition coefficient (Wildman–Crippen LogP) is 4.25. The van der Waals surface area contributed by atoms with Gasteiger partial charge in [0.05, 0.1) is 24.4 Å². The standard InChI is InChI=1S/C20H19IN2O4/c1-4-27-16-7-5-15(6-8-16)23-20(24)14(12-22)9-13-10-17(21)19(26-3)18(11-13)25-2/h5-11H,4H2,1-3H3,(H,23,24)/b14-9-. The number of nitrogens with one attached hydrogen (secondary N) is 1. The van der Waals surface area contributed by atoms with E-state index in [1.165, 1.54) is 13.2 Å². The second kappa shape index (κ2) is 9.83. The van der Waals surface area contributed by atoms with Crippen molar-refractivity contribution in [2.24, 2.45) is 0 Å². The lowest BCUT2D eigenvalue weighted by molar-refractivity contribution is -0.112. The lowest BCUT2D eigenvalue weighted by Crippen LogP contribution is -2.13. The molecule has 2 rings (SSSR count). The van der Waals surface area contributed by atoms with Crippen molar-refractivity contribution in [1.82, 2.24) is 0 Å². The van der Waals surface area contributed by atoms with Crippen molar-refractivity contribution in [1.29, 1.82) is 5.26 Å². The van der Waals surface area contributed by atoms with Gasteiger partial charge in [0, 0.05) is 5.69 Å². The summed E-state index contributed by atoms with van der Waals surface area (Å²) in [5.74, 6) is 1.35. The van der Waals surface area contributed by atoms with Crippen LogP contribution in [0.3, 0.4) is 0 Å². The molecular formula is C20H19IN2O4. The van der Waals surface area contributed by atoms with Gasteiger partial charge in [-0.25, -0.2) is 0 Å². The molecule has 0 aliphatic rings. The fourth-order valence-corrected chi connectivity index (χ4v) is 3.18. The van der Waals surface area contributed by atoms with Crippen LogP contribution in [0.5, 0.6) is 17.2 Å². The molecule has 2 aromatic rings. The highest BCUT2D eigenvalue weighted by Gasteiger charge is 2.13. The highest BCUT2D eigenvalue weighted by molar-refractivity contribution is 14.1. The summed E-state index contributed by atoms with van der Waals surface area (Å²) in [5.41, 5.74) is 1.22. The molecule has 0 heterocycles. The fourth-order valence-electron chi connectivity index (χ4n) is 2.34. The van der Waals surface area contributed by atoms with E-state index in [1.54, 1.807) is 37.4 Å². The van der Waals surface area contributed by atoms with Crippen LogP contribution in [0.1, 0.15) is 12.5 Å². The minimum atomic E-state index is -0.494. The summed E-state index contributed by atoms with van der Waals surface area (Å²) in [6, 6.07) is 12.4. The minimum absolute atomic E-state index is 0.0214. The zero-order valence-corrected chi connectivity index (χ0v) is 17.4. The molecule has 6 nitrogen and oxygen atoms in total. The highest BCUT2D eigenvalue weighted by atomic mass is 127. The van der Waals surface area contributed by atoms with Crippen molar-refractivity contribution in [3.05, 3.63) is 51.1 Å². The Morgan fingerprint density at radius 2 is 1.93 bits per heavy atom. The van der Waals surface area contributed by atoms with Crippen LogP contribution in [0.25, 0.3) is 6.08 Å². The summed E-state index contributed by atoms with van der Waals surface area (Å²) in [5, 5.41) is 12.1. The summed E-state index contributed by atoms with van der Waals surface area (Å²) in [7, 11) is 3.09. The predicted molar refractivity (Wildman–Crippen MR) is 112 cm³/mol. The number of halogens is 1. The SMILES string of the molecule is CCOc1ccc(NC(=O)/C(C#N)=C\c2cc(I)c(OC)c(OC)c2)cc1. The third kappa shape index (κ3) is 5.37. The number of hydrogen-bond acceptors (Lipinski definition) is 5. The van der Waals surface area contributed by atoms with Gasteiger partial charge in [-0.3, -0.25) is 4.79 Å². The quantitative estimate of drug-likeness (QED) is 0.366. The van der Waals surface area contributed by atoms with E-state index in [4.69, 9.17) is 14.2 Å². The van der Waals surface area contributed by atoms with Crippen LogP contribution in [0.4, 0.5) is 5.69 Å². The van der Waals surface area contributed by atoms with E-state index < -0.39 is 5.91 Å². The van der Waals surface area contributed by atoms with Gasteiger partial charge in [-0.05, 0) is 77.6 Å². The maximum absolute atomic E-state index is 12.4. The van der Waals surface area contributed by atoms with Gasteiger partial charge in [-0.1, -0.05) is 0 Å². The summed E-state index contributed by atoms with van der Waals surface area (Å²) < 4.78 is 16.8. The molecule has 0 atom stereocenters. The Hall–Kier alpha value is -2.73. The third-order valence-corrected chi connectivity index (χ3v) is 4.36. The van der Waals surface area contributed by atoms with E-state index >= 15 is 0 Å². The van der Waals surface area contributed by atoms with Gasteiger partial charge >= 0.3 is 0 Å². The first-order chi connectivity index (χ1) is 13.0. The second-order valence-corrected chi connectivity index (χ2v) is 6.48. The van der Waals surface area contributed by atoms with Crippen molar-refractivity contribution in [3.63, 3.8) is 0 Å². The molecular weight excluding hydrogens is 459 g/mol. The second-order valence-electron chi connectivity index (χ2n) is 5.32. The first-order valence-electron chi connectivity index (χ1n) is 8.09. The Kier molecular flexibility index (Phi) is 7.49. The van der Waals surface area contributed by atoms with Gasteiger partial charge in [0.15, 0.2) is 11.5 Å². The Morgan fingerprint density at radius 1 is 1.22 bits per heavy atom. The molecule has 0 radical (unpaired) electrons. The topological polar surface area (TPSA) is 80.6 Å². The Balaban J connectivity index is 2.24. The van der Waals surface area contributed by atoms with E-state index in [0.29, 0.717) is 35.1 Å². The Morgan fingerprint density at radius 3 is 2.48 bits per heavy atom. The molecule has 1 N–H and O–H groups in total. The van der Waals surface area contributed by atoms with Gasteiger partial charge in [-0.15, -0.1) is 0 Å². The van der Waals surface area contributed by atoms with Crippen molar-refractivity contribution >= 4 is 40.3 Å². The Bertz CT molecular complexity index is 886. The molecule has 0 unspecified atom stereocenters. The van der Waals surface area contributed by atoms with Crippen molar-refractivity contribution < 1.29 is 19.0 Å². The van der Waals surface area contributed by atoms with Crippen molar-refractivity contribution in [2.75, 3.05) is 26.1 Å². The molecule has 2 aromatic carbocycles. The number of ether oxygens (including phenoxy) is 3. The van der Waals surface area contributed by atoms with Crippen molar-refractivity contribution in [2.45, 2.75) is 6.92 Å². The van der Waals surface area contributed by atoms with E-state index in [-0.39, 0.29) is 5.57 Å². The molecule has 0 spiro atoms. The monoisotopic (exact) mass is 478 g/mol. The number of anilines is 1. The minimum Gasteiger partial charge on any atom is -0.494 e. The number of rotatable bonds is 7. The number of amides is 1. The first-order valence-corrected chi connectivity index (χ1v) is 9.17. The number of hydrogen-bond donors (Lipinski definition) is 1. The number of nitriles is 1. The molecule has 7 heteroatoms. The van der Waals surface area contributed by atoms with Gasteiger partial charge in [0.1, 0.15) is 17.4 Å². The maximum atomic E-state index is 12.4. The molecule has 27 heavy (non-hydrogen) atoms. The van der Waals surface area contributed by atoms with E-state index in [0.717, 1.165) is 3.57 Å². The lowest BCUT2D eigenvalue weighted by atomic mass is 10.1. The number of carbonyl (C=O) groups is 1. The number of methoxy groups -OCH3 is 2. The van der Waals surface area contributed by atoms with E-state index in [9.17, 15) is 10.1 Å². The van der Waals surface area contributed by atoms with Gasteiger partial charge in [-0.2, -0.15) is 5.26 Å². The largest absolute Gasteiger partial charge is 0.494 e. The number of nitrogens with zero attached hydrogens (tertiary/aromatic N) is 1.